The van der Waals surface area contributed by atoms with Crippen LogP contribution in [0.25, 0.3) is 0 Å². The van der Waals surface area contributed by atoms with E-state index in [9.17, 15) is 0 Å². The molecule has 126 valence electrons. The van der Waals surface area contributed by atoms with Crippen LogP contribution in [0, 0.1) is 13.8 Å². The predicted octanol–water partition coefficient (Wildman–Crippen LogP) is 4.98. The SMILES string of the molecule is C/C(=N\Nc1nc(C)cc(C)n1)c1ccc(C2CCCCC2)cc1. The monoisotopic (exact) mass is 322 g/mol. The summed E-state index contributed by atoms with van der Waals surface area (Å²) >= 11 is 0. The van der Waals surface area contributed by atoms with Crippen molar-refractivity contribution in [1.29, 1.82) is 0 Å². The van der Waals surface area contributed by atoms with Crippen molar-refractivity contribution in [3.8, 4) is 0 Å². The fourth-order valence-corrected chi connectivity index (χ4v) is 3.41. The highest BCUT2D eigenvalue weighted by atomic mass is 15.4. The zero-order valence-electron chi connectivity index (χ0n) is 14.8. The van der Waals surface area contributed by atoms with Gasteiger partial charge in [0.05, 0.1) is 5.71 Å². The summed E-state index contributed by atoms with van der Waals surface area (Å²) in [5.41, 5.74) is 8.39. The van der Waals surface area contributed by atoms with Crippen LogP contribution in [0.3, 0.4) is 0 Å². The van der Waals surface area contributed by atoms with Gasteiger partial charge in [-0.05, 0) is 56.7 Å². The van der Waals surface area contributed by atoms with Crippen LogP contribution in [-0.4, -0.2) is 15.7 Å². The third kappa shape index (κ3) is 4.19. The quantitative estimate of drug-likeness (QED) is 0.638. The van der Waals surface area contributed by atoms with Gasteiger partial charge in [0.1, 0.15) is 0 Å². The summed E-state index contributed by atoms with van der Waals surface area (Å²) in [4.78, 5) is 8.69. The van der Waals surface area contributed by atoms with Crippen molar-refractivity contribution in [3.63, 3.8) is 0 Å². The Kier molecular flexibility index (Phi) is 5.24. The second kappa shape index (κ2) is 7.56. The van der Waals surface area contributed by atoms with E-state index in [1.54, 1.807) is 0 Å². The number of hydrogen-bond acceptors (Lipinski definition) is 4. The number of aromatic nitrogens is 2. The predicted molar refractivity (Wildman–Crippen MR) is 99.6 cm³/mol. The van der Waals surface area contributed by atoms with Gasteiger partial charge in [0.2, 0.25) is 5.95 Å². The number of anilines is 1. The molecule has 4 nitrogen and oxygen atoms in total. The molecule has 1 fully saturated rings. The first-order valence-electron chi connectivity index (χ1n) is 8.85. The number of benzene rings is 1. The Morgan fingerprint density at radius 2 is 1.62 bits per heavy atom. The van der Waals surface area contributed by atoms with E-state index in [1.165, 1.54) is 37.7 Å². The molecule has 4 heteroatoms. The first kappa shape index (κ1) is 16.6. The first-order valence-corrected chi connectivity index (χ1v) is 8.85. The molecule has 0 aliphatic heterocycles. The van der Waals surface area contributed by atoms with Crippen LogP contribution in [0.2, 0.25) is 0 Å². The number of hydrazone groups is 1. The fourth-order valence-electron chi connectivity index (χ4n) is 3.41. The molecule has 0 radical (unpaired) electrons. The third-order valence-corrected chi connectivity index (χ3v) is 4.71. The summed E-state index contributed by atoms with van der Waals surface area (Å²) < 4.78 is 0. The van der Waals surface area contributed by atoms with Crippen molar-refractivity contribution in [2.75, 3.05) is 5.43 Å². The Balaban J connectivity index is 1.68. The molecule has 2 aromatic rings. The van der Waals surface area contributed by atoms with Crippen molar-refractivity contribution >= 4 is 11.7 Å². The largest absolute Gasteiger partial charge is 0.245 e. The molecule has 1 N–H and O–H groups in total. The van der Waals surface area contributed by atoms with E-state index in [0.29, 0.717) is 5.95 Å². The minimum absolute atomic E-state index is 0.547. The van der Waals surface area contributed by atoms with Gasteiger partial charge in [-0.3, -0.25) is 0 Å². The minimum atomic E-state index is 0.547. The van der Waals surface area contributed by atoms with Gasteiger partial charge in [0.15, 0.2) is 0 Å². The van der Waals surface area contributed by atoms with Gasteiger partial charge in [-0.25, -0.2) is 15.4 Å². The van der Waals surface area contributed by atoms with Crippen molar-refractivity contribution in [2.24, 2.45) is 5.10 Å². The van der Waals surface area contributed by atoms with E-state index in [4.69, 9.17) is 0 Å². The van der Waals surface area contributed by atoms with Crippen molar-refractivity contribution in [3.05, 3.63) is 52.8 Å². The molecule has 0 atom stereocenters. The highest BCUT2D eigenvalue weighted by Gasteiger charge is 2.15. The highest BCUT2D eigenvalue weighted by molar-refractivity contribution is 5.99. The summed E-state index contributed by atoms with van der Waals surface area (Å²) in [5, 5.41) is 4.43. The molecule has 0 spiro atoms. The lowest BCUT2D eigenvalue weighted by Crippen LogP contribution is -2.06. The molecule has 1 aromatic heterocycles. The van der Waals surface area contributed by atoms with Crippen LogP contribution >= 0.6 is 0 Å². The summed E-state index contributed by atoms with van der Waals surface area (Å²) in [5.74, 6) is 1.29. The Bertz CT molecular complexity index is 693. The van der Waals surface area contributed by atoms with Crippen LogP contribution in [0.15, 0.2) is 35.4 Å². The van der Waals surface area contributed by atoms with Gasteiger partial charge in [0.25, 0.3) is 0 Å². The highest BCUT2D eigenvalue weighted by Crippen LogP contribution is 2.32. The molecule has 24 heavy (non-hydrogen) atoms. The third-order valence-electron chi connectivity index (χ3n) is 4.71. The molecular formula is C20H26N4. The molecular weight excluding hydrogens is 296 g/mol. The van der Waals surface area contributed by atoms with Crippen LogP contribution in [0.4, 0.5) is 5.95 Å². The Morgan fingerprint density at radius 3 is 2.25 bits per heavy atom. The Labute approximate surface area is 144 Å². The average Bonchev–Trinajstić information content (AvgIpc) is 2.60. The van der Waals surface area contributed by atoms with Gasteiger partial charge in [-0.15, -0.1) is 0 Å². The number of nitrogens with one attached hydrogen (secondary N) is 1. The summed E-state index contributed by atoms with van der Waals surface area (Å²) in [6.07, 6.45) is 6.79. The van der Waals surface area contributed by atoms with Crippen molar-refractivity contribution < 1.29 is 0 Å². The second-order valence-electron chi connectivity index (χ2n) is 6.74. The van der Waals surface area contributed by atoms with Crippen LogP contribution in [0.5, 0.6) is 0 Å². The van der Waals surface area contributed by atoms with Gasteiger partial charge in [-0.2, -0.15) is 5.10 Å². The average molecular weight is 322 g/mol. The topological polar surface area (TPSA) is 50.2 Å². The smallest absolute Gasteiger partial charge is 0.243 e. The fraction of sp³-hybridized carbons (Fsp3) is 0.450. The molecule has 0 bridgehead atoms. The maximum Gasteiger partial charge on any atom is 0.243 e. The van der Waals surface area contributed by atoms with Crippen molar-refractivity contribution in [1.82, 2.24) is 9.97 Å². The zero-order valence-corrected chi connectivity index (χ0v) is 14.8. The molecule has 0 amide bonds. The lowest BCUT2D eigenvalue weighted by atomic mass is 9.84. The first-order chi connectivity index (χ1) is 11.6. The molecule has 0 saturated heterocycles. The Morgan fingerprint density at radius 1 is 1.00 bits per heavy atom. The molecule has 1 aromatic carbocycles. The van der Waals surface area contributed by atoms with Gasteiger partial charge in [0, 0.05) is 11.4 Å². The molecule has 1 aliphatic rings. The molecule has 1 heterocycles. The summed E-state index contributed by atoms with van der Waals surface area (Å²) in [7, 11) is 0. The molecule has 1 aliphatic carbocycles. The van der Waals surface area contributed by atoms with Crippen molar-refractivity contribution in [2.45, 2.75) is 58.8 Å². The van der Waals surface area contributed by atoms with E-state index in [1.807, 2.05) is 26.8 Å². The van der Waals surface area contributed by atoms with E-state index in [2.05, 4.69) is 44.8 Å². The summed E-state index contributed by atoms with van der Waals surface area (Å²) in [6, 6.07) is 10.8. The summed E-state index contributed by atoms with van der Waals surface area (Å²) in [6.45, 7) is 5.92. The van der Waals surface area contributed by atoms with Gasteiger partial charge in [-0.1, -0.05) is 43.5 Å². The van der Waals surface area contributed by atoms with Crippen LogP contribution in [-0.2, 0) is 0 Å². The standard InChI is InChI=1S/C20H26N4/c1-14-13-15(2)22-20(21-14)24-23-16(3)17-9-11-19(12-10-17)18-7-5-4-6-8-18/h9-13,18H,4-8H2,1-3H3,(H,21,22,24)/b23-16+. The molecule has 0 unspecified atom stereocenters. The minimum Gasteiger partial charge on any atom is -0.245 e. The van der Waals surface area contributed by atoms with E-state index >= 15 is 0 Å². The van der Waals surface area contributed by atoms with E-state index < -0.39 is 0 Å². The molecule has 1 saturated carbocycles. The lowest BCUT2D eigenvalue weighted by molar-refractivity contribution is 0.443. The number of nitrogens with zero attached hydrogens (tertiary/aromatic N) is 3. The maximum atomic E-state index is 4.43. The Hall–Kier alpha value is -2.23. The number of aryl methyl sites for hydroxylation is 2. The normalized spacial score (nSPS) is 16.2. The lowest BCUT2D eigenvalue weighted by Gasteiger charge is -2.22. The van der Waals surface area contributed by atoms with Gasteiger partial charge >= 0.3 is 0 Å². The van der Waals surface area contributed by atoms with Crippen LogP contribution in [0.1, 0.15) is 67.5 Å². The van der Waals surface area contributed by atoms with E-state index in [-0.39, 0.29) is 0 Å². The number of hydrogen-bond donors (Lipinski definition) is 1. The maximum absolute atomic E-state index is 4.43. The number of rotatable bonds is 4. The molecule has 3 rings (SSSR count). The van der Waals surface area contributed by atoms with Crippen LogP contribution < -0.4 is 5.43 Å². The van der Waals surface area contributed by atoms with Gasteiger partial charge < -0.3 is 0 Å². The zero-order chi connectivity index (χ0) is 16.9. The van der Waals surface area contributed by atoms with E-state index in [0.717, 1.165) is 28.6 Å². The second-order valence-corrected chi connectivity index (χ2v) is 6.74.